The molecule has 0 radical (unpaired) electrons. The lowest BCUT2D eigenvalue weighted by Gasteiger charge is -2.24. The summed E-state index contributed by atoms with van der Waals surface area (Å²) in [4.78, 5) is 35.6. The van der Waals surface area contributed by atoms with Crippen LogP contribution in [0.25, 0.3) is 0 Å². The third-order valence-electron chi connectivity index (χ3n) is 12.0. The lowest BCUT2D eigenvalue weighted by Crippen LogP contribution is -2.37. The second-order valence-corrected chi connectivity index (χ2v) is 21.7. The second-order valence-electron chi connectivity index (χ2n) is 20.3. The van der Waals surface area contributed by atoms with Gasteiger partial charge in [0.1, 0.15) is 19.8 Å². The van der Waals surface area contributed by atoms with Gasteiger partial charge in [-0.05, 0) is 103 Å². The fourth-order valence-electron chi connectivity index (χ4n) is 7.55. The van der Waals surface area contributed by atoms with E-state index >= 15 is 0 Å². The minimum atomic E-state index is -4.39. The zero-order chi connectivity index (χ0) is 53.5. The van der Waals surface area contributed by atoms with Crippen molar-refractivity contribution >= 4 is 19.8 Å². The summed E-state index contributed by atoms with van der Waals surface area (Å²) in [5.74, 6) is -0.821. The van der Waals surface area contributed by atoms with Gasteiger partial charge in [-0.3, -0.25) is 18.6 Å². The highest BCUT2D eigenvalue weighted by Crippen LogP contribution is 2.43. The molecule has 9 nitrogen and oxygen atoms in total. The van der Waals surface area contributed by atoms with Crippen LogP contribution in [0.5, 0.6) is 0 Å². The van der Waals surface area contributed by atoms with Crippen molar-refractivity contribution in [3.63, 3.8) is 0 Å². The van der Waals surface area contributed by atoms with Gasteiger partial charge < -0.3 is 18.9 Å². The van der Waals surface area contributed by atoms with Crippen molar-refractivity contribution in [1.29, 1.82) is 0 Å². The monoisotopic (exact) mass is 1040 g/mol. The molecule has 73 heavy (non-hydrogen) atoms. The van der Waals surface area contributed by atoms with E-state index in [1.807, 2.05) is 21.1 Å². The summed E-state index contributed by atoms with van der Waals surface area (Å²) in [6, 6.07) is 0. The van der Waals surface area contributed by atoms with Crippen LogP contribution >= 0.6 is 7.82 Å². The maximum Gasteiger partial charge on any atom is 0.472 e. The number of hydrogen-bond donors (Lipinski definition) is 1. The van der Waals surface area contributed by atoms with Crippen LogP contribution in [0.3, 0.4) is 0 Å². The molecule has 10 heteroatoms. The Hall–Kier alpha value is -3.33. The molecule has 0 saturated heterocycles. The number of carbonyl (C=O) groups is 2. The van der Waals surface area contributed by atoms with Crippen LogP contribution in [-0.4, -0.2) is 74.9 Å². The minimum Gasteiger partial charge on any atom is -0.462 e. The van der Waals surface area contributed by atoms with Gasteiger partial charge in [-0.15, -0.1) is 0 Å². The molecule has 0 bridgehead atoms. The van der Waals surface area contributed by atoms with Crippen molar-refractivity contribution in [1.82, 2.24) is 0 Å². The average molecular weight is 1040 g/mol. The summed E-state index contributed by atoms with van der Waals surface area (Å²) in [5, 5.41) is 0. The summed E-state index contributed by atoms with van der Waals surface area (Å²) in [7, 11) is 1.45. The molecule has 0 spiro atoms. The first-order chi connectivity index (χ1) is 35.5. The largest absolute Gasteiger partial charge is 0.472 e. The van der Waals surface area contributed by atoms with E-state index in [9.17, 15) is 19.0 Å². The summed E-state index contributed by atoms with van der Waals surface area (Å²) in [6.07, 6.45) is 74.4. The molecule has 0 aliphatic rings. The number of phosphoric ester groups is 1. The number of ether oxygens (including phenoxy) is 2. The van der Waals surface area contributed by atoms with E-state index in [-0.39, 0.29) is 32.0 Å². The molecule has 2 unspecified atom stereocenters. The maximum atomic E-state index is 12.8. The standard InChI is InChI=1S/C63H108NO8P/c1-6-8-10-12-14-16-18-20-22-24-25-26-27-28-29-30-31-32-33-34-35-36-37-38-39-40-42-44-46-48-50-52-54-56-63(66)72-61(60-71-73(67,68)70-58-57-64(3,4)5)59-69-62(65)55-53-51-49-47-45-43-41-23-21-19-17-15-13-11-9-7-2/h8,10,14,16,20,22-23,25-26,28-29,31-32,34-35,37-38,41,61H,6-7,9,11-13,15,17-19,21,24,27,30,33,36,39-40,42-60H2,1-5H3/p+1/b10-8-,16-14-,22-20-,26-25-,29-28-,32-31-,35-34-,38-37-,41-23-. The maximum absolute atomic E-state index is 12.8. The first kappa shape index (κ1) is 69.7. The van der Waals surface area contributed by atoms with Gasteiger partial charge in [0.15, 0.2) is 6.10 Å². The Morgan fingerprint density at radius 3 is 1.18 bits per heavy atom. The predicted molar refractivity (Wildman–Crippen MR) is 311 cm³/mol. The third-order valence-corrected chi connectivity index (χ3v) is 13.0. The number of hydrogen-bond acceptors (Lipinski definition) is 7. The molecule has 1 N–H and O–H groups in total. The summed E-state index contributed by atoms with van der Waals surface area (Å²) < 4.78 is 34.5. The summed E-state index contributed by atoms with van der Waals surface area (Å²) in [6.45, 7) is 4.29. The molecule has 418 valence electrons. The molecule has 0 aromatic rings. The van der Waals surface area contributed by atoms with Gasteiger partial charge in [0.2, 0.25) is 0 Å². The summed E-state index contributed by atoms with van der Waals surface area (Å²) >= 11 is 0. The van der Waals surface area contributed by atoms with E-state index in [1.54, 1.807) is 0 Å². The van der Waals surface area contributed by atoms with Gasteiger partial charge in [0.25, 0.3) is 0 Å². The van der Waals surface area contributed by atoms with E-state index in [4.69, 9.17) is 18.5 Å². The van der Waals surface area contributed by atoms with Gasteiger partial charge in [-0.25, -0.2) is 4.57 Å². The van der Waals surface area contributed by atoms with Crippen LogP contribution in [0, 0.1) is 0 Å². The number of carbonyl (C=O) groups excluding carboxylic acids is 2. The molecule has 0 heterocycles. The van der Waals surface area contributed by atoms with Crippen LogP contribution < -0.4 is 0 Å². The second kappa shape index (κ2) is 53.5. The average Bonchev–Trinajstić information content (AvgIpc) is 3.35. The molecule has 0 fully saturated rings. The number of esters is 2. The Kier molecular flexibility index (Phi) is 51.1. The first-order valence-electron chi connectivity index (χ1n) is 29.1. The van der Waals surface area contributed by atoms with Gasteiger partial charge in [0.05, 0.1) is 27.7 Å². The Bertz CT molecular complexity index is 1600. The van der Waals surface area contributed by atoms with Gasteiger partial charge in [0, 0.05) is 12.8 Å². The number of unbranched alkanes of at least 4 members (excludes halogenated alkanes) is 20. The predicted octanol–water partition coefficient (Wildman–Crippen LogP) is 18.2. The van der Waals surface area contributed by atoms with Crippen molar-refractivity contribution in [2.45, 2.75) is 232 Å². The molecule has 0 amide bonds. The molecular weight excluding hydrogens is 930 g/mol. The Labute approximate surface area is 448 Å². The molecule has 0 aromatic heterocycles. The number of phosphoric acid groups is 1. The quantitative estimate of drug-likeness (QED) is 0.0211. The van der Waals surface area contributed by atoms with Crippen LogP contribution in [0.1, 0.15) is 226 Å². The normalized spacial score (nSPS) is 14.1. The Morgan fingerprint density at radius 1 is 0.438 bits per heavy atom. The van der Waals surface area contributed by atoms with Crippen LogP contribution in [0.4, 0.5) is 0 Å². The number of quaternary nitrogens is 1. The fourth-order valence-corrected chi connectivity index (χ4v) is 8.30. The SMILES string of the molecule is CC/C=C\C/C=C\C/C=C\C/C=C\C/C=C\C/C=C\C/C=C\C/C=C\CCCCCCCCCCC(=O)OC(COC(=O)CCCCCCC/C=C\CCCCCCCCC)COP(=O)(O)OCC[N+](C)(C)C. The van der Waals surface area contributed by atoms with Crippen molar-refractivity contribution in [2.24, 2.45) is 0 Å². The van der Waals surface area contributed by atoms with E-state index in [0.717, 1.165) is 116 Å². The highest BCUT2D eigenvalue weighted by atomic mass is 31.2. The van der Waals surface area contributed by atoms with Crippen molar-refractivity contribution in [3.05, 3.63) is 109 Å². The van der Waals surface area contributed by atoms with E-state index in [0.29, 0.717) is 17.4 Å². The number of nitrogens with zero attached hydrogens (tertiary/aromatic N) is 1. The highest BCUT2D eigenvalue weighted by Gasteiger charge is 2.27. The van der Waals surface area contributed by atoms with Gasteiger partial charge >= 0.3 is 19.8 Å². The molecule has 0 aromatic carbocycles. The lowest BCUT2D eigenvalue weighted by molar-refractivity contribution is -0.870. The van der Waals surface area contributed by atoms with Crippen molar-refractivity contribution < 1.29 is 42.1 Å². The van der Waals surface area contributed by atoms with Crippen LogP contribution in [0.15, 0.2) is 109 Å². The number of rotatable bonds is 52. The van der Waals surface area contributed by atoms with E-state index in [2.05, 4.69) is 123 Å². The molecule has 0 rings (SSSR count). The van der Waals surface area contributed by atoms with Crippen molar-refractivity contribution in [2.75, 3.05) is 47.5 Å². The zero-order valence-corrected chi connectivity index (χ0v) is 48.2. The molecular formula is C63H109NO8P+. The third kappa shape index (κ3) is 57.8. The lowest BCUT2D eigenvalue weighted by atomic mass is 10.1. The van der Waals surface area contributed by atoms with E-state index in [1.165, 1.54) is 77.0 Å². The zero-order valence-electron chi connectivity index (χ0n) is 47.3. The number of allylic oxidation sites excluding steroid dienone is 18. The van der Waals surface area contributed by atoms with Gasteiger partial charge in [-0.1, -0.05) is 220 Å². The van der Waals surface area contributed by atoms with Crippen LogP contribution in [-0.2, 0) is 32.7 Å². The summed E-state index contributed by atoms with van der Waals surface area (Å²) in [5.41, 5.74) is 0. The molecule has 0 aliphatic heterocycles. The fraction of sp³-hybridized carbons (Fsp3) is 0.683. The topological polar surface area (TPSA) is 108 Å². The molecule has 0 saturated carbocycles. The molecule has 0 aliphatic carbocycles. The van der Waals surface area contributed by atoms with E-state index < -0.39 is 26.5 Å². The Morgan fingerprint density at radius 2 is 0.781 bits per heavy atom. The van der Waals surface area contributed by atoms with Gasteiger partial charge in [-0.2, -0.15) is 0 Å². The molecule has 2 atom stereocenters. The first-order valence-corrected chi connectivity index (χ1v) is 30.6. The number of likely N-dealkylation sites (N-methyl/N-ethyl adjacent to an activating group) is 1. The minimum absolute atomic E-state index is 0.0236. The smallest absolute Gasteiger partial charge is 0.462 e. The van der Waals surface area contributed by atoms with Crippen molar-refractivity contribution in [3.8, 4) is 0 Å². The van der Waals surface area contributed by atoms with Crippen LogP contribution in [0.2, 0.25) is 0 Å². The highest BCUT2D eigenvalue weighted by molar-refractivity contribution is 7.47. The Balaban J connectivity index is 4.19.